The van der Waals surface area contributed by atoms with Gasteiger partial charge < -0.3 is 14.4 Å². The zero-order valence-corrected chi connectivity index (χ0v) is 12.4. The molecular formula is C17H16N2O3. The normalized spacial score (nSPS) is 12.3. The van der Waals surface area contributed by atoms with Crippen LogP contribution in [0, 0.1) is 0 Å². The molecule has 5 nitrogen and oxygen atoms in total. The summed E-state index contributed by atoms with van der Waals surface area (Å²) >= 11 is 0. The Balaban J connectivity index is 2.29. The first-order valence-electron chi connectivity index (χ1n) is 6.88. The average Bonchev–Trinajstić information content (AvgIpc) is 2.87. The number of aliphatic hydroxyl groups excluding tert-OH is 1. The fraction of sp³-hybridized carbons (Fsp3) is 0.176. The first kappa shape index (κ1) is 14.3. The monoisotopic (exact) mass is 296 g/mol. The van der Waals surface area contributed by atoms with E-state index >= 15 is 0 Å². The number of hydrogen-bond acceptors (Lipinski definition) is 4. The maximum atomic E-state index is 12.2. The number of ether oxygens (including phenoxy) is 1. The second-order valence-corrected chi connectivity index (χ2v) is 5.02. The number of methoxy groups -OCH3 is 1. The quantitative estimate of drug-likeness (QED) is 0.754. The van der Waals surface area contributed by atoms with Crippen molar-refractivity contribution in [3.8, 4) is 0 Å². The molecule has 0 aliphatic rings. The summed E-state index contributed by atoms with van der Waals surface area (Å²) in [6.07, 6.45) is 2.28. The van der Waals surface area contributed by atoms with Gasteiger partial charge in [-0.3, -0.25) is 4.98 Å². The van der Waals surface area contributed by atoms with Crippen molar-refractivity contribution in [2.45, 2.75) is 6.10 Å². The fourth-order valence-corrected chi connectivity index (χ4v) is 2.75. The zero-order valence-electron chi connectivity index (χ0n) is 12.4. The van der Waals surface area contributed by atoms with Gasteiger partial charge in [0.2, 0.25) is 0 Å². The summed E-state index contributed by atoms with van der Waals surface area (Å²) in [6, 6.07) is 11.1. The van der Waals surface area contributed by atoms with Gasteiger partial charge in [-0.2, -0.15) is 0 Å². The molecule has 2 aromatic heterocycles. The molecule has 0 amide bonds. The molecule has 5 heteroatoms. The number of rotatable bonds is 3. The highest BCUT2D eigenvalue weighted by molar-refractivity contribution is 5.99. The van der Waals surface area contributed by atoms with Gasteiger partial charge in [0.05, 0.1) is 7.11 Å². The van der Waals surface area contributed by atoms with E-state index in [0.717, 1.165) is 10.9 Å². The summed E-state index contributed by atoms with van der Waals surface area (Å²) in [6.45, 7) is 0. The van der Waals surface area contributed by atoms with E-state index in [2.05, 4.69) is 4.98 Å². The Bertz CT molecular complexity index is 825. The molecule has 1 N–H and O–H groups in total. The summed E-state index contributed by atoms with van der Waals surface area (Å²) in [4.78, 5) is 16.2. The molecule has 0 aliphatic carbocycles. The molecule has 0 saturated heterocycles. The van der Waals surface area contributed by atoms with Crippen molar-refractivity contribution in [3.63, 3.8) is 0 Å². The SMILES string of the molecule is COC(=O)c1c(C(O)c2cccnc2)c2ccccc2n1C. The number of para-hydroxylation sites is 1. The average molecular weight is 296 g/mol. The van der Waals surface area contributed by atoms with Crippen molar-refractivity contribution in [1.29, 1.82) is 0 Å². The molecule has 1 aromatic carbocycles. The minimum atomic E-state index is -0.950. The van der Waals surface area contributed by atoms with Crippen LogP contribution in [-0.4, -0.2) is 27.7 Å². The summed E-state index contributed by atoms with van der Waals surface area (Å²) in [5.41, 5.74) is 2.38. The number of pyridine rings is 1. The Morgan fingerprint density at radius 2 is 2.05 bits per heavy atom. The predicted molar refractivity (Wildman–Crippen MR) is 82.6 cm³/mol. The van der Waals surface area contributed by atoms with Gasteiger partial charge in [-0.05, 0) is 12.1 Å². The van der Waals surface area contributed by atoms with Gasteiger partial charge in [-0.25, -0.2) is 4.79 Å². The largest absolute Gasteiger partial charge is 0.464 e. The molecule has 0 bridgehead atoms. The molecule has 2 heterocycles. The van der Waals surface area contributed by atoms with Gasteiger partial charge in [-0.15, -0.1) is 0 Å². The molecule has 112 valence electrons. The summed E-state index contributed by atoms with van der Waals surface area (Å²) in [7, 11) is 3.12. The van der Waals surface area contributed by atoms with E-state index in [4.69, 9.17) is 4.74 Å². The number of aliphatic hydroxyl groups is 1. The number of fused-ring (bicyclic) bond motifs is 1. The maximum Gasteiger partial charge on any atom is 0.355 e. The lowest BCUT2D eigenvalue weighted by atomic mass is 9.99. The first-order valence-corrected chi connectivity index (χ1v) is 6.88. The van der Waals surface area contributed by atoms with Crippen LogP contribution in [0.3, 0.4) is 0 Å². The molecule has 0 aliphatic heterocycles. The lowest BCUT2D eigenvalue weighted by Gasteiger charge is -2.12. The van der Waals surface area contributed by atoms with E-state index in [-0.39, 0.29) is 0 Å². The Morgan fingerprint density at radius 1 is 1.27 bits per heavy atom. The van der Waals surface area contributed by atoms with Gasteiger partial charge in [0.15, 0.2) is 0 Å². The molecule has 0 saturated carbocycles. The van der Waals surface area contributed by atoms with Gasteiger partial charge in [0.1, 0.15) is 11.8 Å². The van der Waals surface area contributed by atoms with E-state index in [9.17, 15) is 9.90 Å². The number of aromatic nitrogens is 2. The van der Waals surface area contributed by atoms with Gasteiger partial charge in [0.25, 0.3) is 0 Å². The maximum absolute atomic E-state index is 12.2. The molecule has 22 heavy (non-hydrogen) atoms. The predicted octanol–water partition coefficient (Wildman–Crippen LogP) is 2.44. The lowest BCUT2D eigenvalue weighted by molar-refractivity contribution is 0.0585. The molecular weight excluding hydrogens is 280 g/mol. The number of nitrogens with zero attached hydrogens (tertiary/aromatic N) is 2. The number of esters is 1. The van der Waals surface area contributed by atoms with Crippen LogP contribution in [0.5, 0.6) is 0 Å². The van der Waals surface area contributed by atoms with Crippen molar-refractivity contribution in [2.75, 3.05) is 7.11 Å². The molecule has 0 spiro atoms. The van der Waals surface area contributed by atoms with Crippen LogP contribution < -0.4 is 0 Å². The number of carbonyl (C=O) groups is 1. The number of hydrogen-bond donors (Lipinski definition) is 1. The van der Waals surface area contributed by atoms with Crippen molar-refractivity contribution in [3.05, 3.63) is 65.6 Å². The highest BCUT2D eigenvalue weighted by Gasteiger charge is 2.27. The zero-order chi connectivity index (χ0) is 15.7. The molecule has 3 aromatic rings. The first-order chi connectivity index (χ1) is 10.6. The van der Waals surface area contributed by atoms with E-state index in [1.807, 2.05) is 24.3 Å². The van der Waals surface area contributed by atoms with E-state index in [1.165, 1.54) is 7.11 Å². The third-order valence-electron chi connectivity index (χ3n) is 3.80. The van der Waals surface area contributed by atoms with E-state index in [1.54, 1.807) is 36.1 Å². The lowest BCUT2D eigenvalue weighted by Crippen LogP contribution is -2.13. The third-order valence-corrected chi connectivity index (χ3v) is 3.80. The van der Waals surface area contributed by atoms with Crippen molar-refractivity contribution < 1.29 is 14.6 Å². The standard InChI is InChI=1S/C17H16N2O3/c1-19-13-8-4-3-7-12(13)14(15(19)17(21)22-2)16(20)11-6-5-9-18-10-11/h3-10,16,20H,1-2H3. The van der Waals surface area contributed by atoms with Crippen LogP contribution in [0.4, 0.5) is 0 Å². The van der Waals surface area contributed by atoms with Crippen molar-refractivity contribution in [1.82, 2.24) is 9.55 Å². The minimum Gasteiger partial charge on any atom is -0.464 e. The van der Waals surface area contributed by atoms with E-state index < -0.39 is 12.1 Å². The molecule has 0 radical (unpaired) electrons. The number of benzene rings is 1. The van der Waals surface area contributed by atoms with Gasteiger partial charge in [-0.1, -0.05) is 24.3 Å². The van der Waals surface area contributed by atoms with E-state index in [0.29, 0.717) is 16.8 Å². The van der Waals surface area contributed by atoms with Crippen LogP contribution in [0.25, 0.3) is 10.9 Å². The fourth-order valence-electron chi connectivity index (χ4n) is 2.75. The second-order valence-electron chi connectivity index (χ2n) is 5.02. The Kier molecular flexibility index (Phi) is 3.65. The third kappa shape index (κ3) is 2.16. The van der Waals surface area contributed by atoms with Crippen molar-refractivity contribution >= 4 is 16.9 Å². The topological polar surface area (TPSA) is 64.3 Å². The summed E-state index contributed by atoms with van der Waals surface area (Å²) < 4.78 is 6.63. The van der Waals surface area contributed by atoms with Crippen LogP contribution in [0.2, 0.25) is 0 Å². The highest BCUT2D eigenvalue weighted by atomic mass is 16.5. The molecule has 1 atom stereocenters. The van der Waals surface area contributed by atoms with Crippen LogP contribution >= 0.6 is 0 Å². The highest BCUT2D eigenvalue weighted by Crippen LogP contribution is 2.34. The molecule has 1 unspecified atom stereocenters. The minimum absolute atomic E-state index is 0.347. The van der Waals surface area contributed by atoms with Crippen LogP contribution in [-0.2, 0) is 11.8 Å². The van der Waals surface area contributed by atoms with Gasteiger partial charge in [0, 0.05) is 41.5 Å². The number of carbonyl (C=O) groups excluding carboxylic acids is 1. The van der Waals surface area contributed by atoms with Gasteiger partial charge >= 0.3 is 5.97 Å². The Hall–Kier alpha value is -2.66. The Labute approximate surface area is 127 Å². The summed E-state index contributed by atoms with van der Waals surface area (Å²) in [5, 5.41) is 11.6. The molecule has 3 rings (SSSR count). The summed E-state index contributed by atoms with van der Waals surface area (Å²) in [5.74, 6) is -0.475. The smallest absolute Gasteiger partial charge is 0.355 e. The second kappa shape index (κ2) is 5.61. The Morgan fingerprint density at radius 3 is 2.73 bits per heavy atom. The van der Waals surface area contributed by atoms with Crippen LogP contribution in [0.1, 0.15) is 27.7 Å². The van der Waals surface area contributed by atoms with Crippen molar-refractivity contribution in [2.24, 2.45) is 7.05 Å². The molecule has 0 fully saturated rings. The number of aryl methyl sites for hydroxylation is 1. The van der Waals surface area contributed by atoms with Crippen LogP contribution in [0.15, 0.2) is 48.8 Å².